The van der Waals surface area contributed by atoms with E-state index in [2.05, 4.69) is 26.0 Å². The van der Waals surface area contributed by atoms with Gasteiger partial charge in [-0.05, 0) is 36.6 Å². The zero-order valence-electron chi connectivity index (χ0n) is 9.34. The quantitative estimate of drug-likeness (QED) is 0.832. The minimum absolute atomic E-state index is 0.476. The smallest absolute Gasteiger partial charge is 0.134 e. The van der Waals surface area contributed by atoms with E-state index in [1.807, 2.05) is 6.07 Å². The molecule has 0 aliphatic carbocycles. The van der Waals surface area contributed by atoms with Crippen LogP contribution in [0.5, 0.6) is 0 Å². The van der Waals surface area contributed by atoms with Gasteiger partial charge in [-0.15, -0.1) is 0 Å². The molecule has 1 heterocycles. The Bertz CT molecular complexity index is 471. The van der Waals surface area contributed by atoms with Gasteiger partial charge in [-0.1, -0.05) is 19.4 Å². The fourth-order valence-corrected chi connectivity index (χ4v) is 1.96. The van der Waals surface area contributed by atoms with Gasteiger partial charge >= 0.3 is 0 Å². The molecular formula is C13H17NO. The summed E-state index contributed by atoms with van der Waals surface area (Å²) in [6.45, 7) is 4.74. The van der Waals surface area contributed by atoms with Crippen molar-refractivity contribution < 1.29 is 4.42 Å². The van der Waals surface area contributed by atoms with Crippen LogP contribution in [-0.2, 0) is 13.0 Å². The van der Waals surface area contributed by atoms with Gasteiger partial charge in [-0.3, -0.25) is 0 Å². The fourth-order valence-electron chi connectivity index (χ4n) is 1.96. The number of hydrogen-bond donors (Lipinski definition) is 1. The average Bonchev–Trinajstić information content (AvgIpc) is 2.56. The summed E-state index contributed by atoms with van der Waals surface area (Å²) in [5.74, 6) is 0.902. The summed E-state index contributed by atoms with van der Waals surface area (Å²) in [6.07, 6.45) is 2.30. The highest BCUT2D eigenvalue weighted by molar-refractivity contribution is 5.82. The zero-order valence-corrected chi connectivity index (χ0v) is 9.34. The SMILES string of the molecule is CCCc1ccc2oc(CN)c(C)c2c1. The molecule has 0 atom stereocenters. The predicted octanol–water partition coefficient (Wildman–Crippen LogP) is 3.15. The molecule has 0 bridgehead atoms. The van der Waals surface area contributed by atoms with Crippen LogP contribution in [0.15, 0.2) is 22.6 Å². The largest absolute Gasteiger partial charge is 0.459 e. The Labute approximate surface area is 90.1 Å². The van der Waals surface area contributed by atoms with Crippen molar-refractivity contribution in [3.05, 3.63) is 35.1 Å². The first kappa shape index (κ1) is 10.2. The Morgan fingerprint density at radius 3 is 2.80 bits per heavy atom. The van der Waals surface area contributed by atoms with E-state index in [9.17, 15) is 0 Å². The normalized spacial score (nSPS) is 11.1. The number of fused-ring (bicyclic) bond motifs is 1. The summed E-state index contributed by atoms with van der Waals surface area (Å²) in [7, 11) is 0. The van der Waals surface area contributed by atoms with Crippen LogP contribution in [0.25, 0.3) is 11.0 Å². The minimum Gasteiger partial charge on any atom is -0.459 e. The van der Waals surface area contributed by atoms with E-state index in [0.717, 1.165) is 17.8 Å². The maximum atomic E-state index is 5.66. The van der Waals surface area contributed by atoms with Crippen LogP contribution in [0.2, 0.25) is 0 Å². The molecule has 0 saturated heterocycles. The van der Waals surface area contributed by atoms with Crippen LogP contribution >= 0.6 is 0 Å². The molecule has 0 spiro atoms. The molecule has 80 valence electrons. The van der Waals surface area contributed by atoms with Crippen LogP contribution in [0.3, 0.4) is 0 Å². The Hall–Kier alpha value is -1.28. The van der Waals surface area contributed by atoms with E-state index in [0.29, 0.717) is 6.54 Å². The van der Waals surface area contributed by atoms with Crippen molar-refractivity contribution in [2.45, 2.75) is 33.2 Å². The third-order valence-corrected chi connectivity index (χ3v) is 2.82. The molecule has 15 heavy (non-hydrogen) atoms. The molecule has 0 radical (unpaired) electrons. The Morgan fingerprint density at radius 1 is 1.33 bits per heavy atom. The van der Waals surface area contributed by atoms with Gasteiger partial charge in [0.1, 0.15) is 11.3 Å². The zero-order chi connectivity index (χ0) is 10.8. The molecule has 1 aromatic heterocycles. The number of rotatable bonds is 3. The lowest BCUT2D eigenvalue weighted by molar-refractivity contribution is 0.548. The topological polar surface area (TPSA) is 39.2 Å². The number of hydrogen-bond acceptors (Lipinski definition) is 2. The third-order valence-electron chi connectivity index (χ3n) is 2.82. The molecule has 0 fully saturated rings. The fraction of sp³-hybridized carbons (Fsp3) is 0.385. The molecule has 2 heteroatoms. The van der Waals surface area contributed by atoms with Crippen LogP contribution in [0.1, 0.15) is 30.2 Å². The van der Waals surface area contributed by atoms with E-state index < -0.39 is 0 Å². The molecule has 0 saturated carbocycles. The molecule has 2 rings (SSSR count). The lowest BCUT2D eigenvalue weighted by atomic mass is 10.1. The first-order valence-corrected chi connectivity index (χ1v) is 5.47. The van der Waals surface area contributed by atoms with Crippen LogP contribution in [-0.4, -0.2) is 0 Å². The van der Waals surface area contributed by atoms with Crippen molar-refractivity contribution in [1.29, 1.82) is 0 Å². The number of nitrogens with two attached hydrogens (primary N) is 1. The van der Waals surface area contributed by atoms with Gasteiger partial charge in [0.15, 0.2) is 0 Å². The second-order valence-electron chi connectivity index (χ2n) is 3.93. The van der Waals surface area contributed by atoms with Crippen molar-refractivity contribution in [1.82, 2.24) is 0 Å². The number of benzene rings is 1. The standard InChI is InChI=1S/C13H17NO/c1-3-4-10-5-6-12-11(7-10)9(2)13(8-14)15-12/h5-7H,3-4,8,14H2,1-2H3. The van der Waals surface area contributed by atoms with Gasteiger partial charge in [0.2, 0.25) is 0 Å². The lowest BCUT2D eigenvalue weighted by Gasteiger charge is -1.98. The Kier molecular flexibility index (Phi) is 2.78. The maximum absolute atomic E-state index is 5.66. The van der Waals surface area contributed by atoms with E-state index >= 15 is 0 Å². The number of furan rings is 1. The highest BCUT2D eigenvalue weighted by Crippen LogP contribution is 2.26. The lowest BCUT2D eigenvalue weighted by Crippen LogP contribution is -1.95. The van der Waals surface area contributed by atoms with Gasteiger partial charge in [-0.25, -0.2) is 0 Å². The summed E-state index contributed by atoms with van der Waals surface area (Å²) in [5, 5.41) is 1.21. The summed E-state index contributed by atoms with van der Waals surface area (Å²) >= 11 is 0. The van der Waals surface area contributed by atoms with Crippen molar-refractivity contribution in [3.63, 3.8) is 0 Å². The molecule has 0 aliphatic heterocycles. The van der Waals surface area contributed by atoms with Crippen LogP contribution < -0.4 is 5.73 Å². The molecule has 0 unspecified atom stereocenters. The highest BCUT2D eigenvalue weighted by Gasteiger charge is 2.08. The second-order valence-corrected chi connectivity index (χ2v) is 3.93. The first-order chi connectivity index (χ1) is 7.26. The second kappa shape index (κ2) is 4.07. The third kappa shape index (κ3) is 1.77. The first-order valence-electron chi connectivity index (χ1n) is 5.47. The maximum Gasteiger partial charge on any atom is 0.134 e. The van der Waals surface area contributed by atoms with E-state index in [-0.39, 0.29) is 0 Å². The predicted molar refractivity (Wildman–Crippen MR) is 62.8 cm³/mol. The van der Waals surface area contributed by atoms with Crippen LogP contribution in [0.4, 0.5) is 0 Å². The van der Waals surface area contributed by atoms with Gasteiger partial charge in [0.05, 0.1) is 6.54 Å². The number of aryl methyl sites for hydroxylation is 2. The summed E-state index contributed by atoms with van der Waals surface area (Å²) < 4.78 is 5.66. The molecular weight excluding hydrogens is 186 g/mol. The Balaban J connectivity index is 2.54. The van der Waals surface area contributed by atoms with Crippen LogP contribution in [0, 0.1) is 6.92 Å². The summed E-state index contributed by atoms with van der Waals surface area (Å²) in [6, 6.07) is 6.40. The van der Waals surface area contributed by atoms with E-state index in [4.69, 9.17) is 10.2 Å². The summed E-state index contributed by atoms with van der Waals surface area (Å²) in [5.41, 5.74) is 9.13. The molecule has 2 N–H and O–H groups in total. The highest BCUT2D eigenvalue weighted by atomic mass is 16.3. The van der Waals surface area contributed by atoms with E-state index in [1.54, 1.807) is 0 Å². The molecule has 2 aromatic rings. The van der Waals surface area contributed by atoms with Gasteiger partial charge in [-0.2, -0.15) is 0 Å². The van der Waals surface area contributed by atoms with Gasteiger partial charge < -0.3 is 10.2 Å². The summed E-state index contributed by atoms with van der Waals surface area (Å²) in [4.78, 5) is 0. The molecule has 0 aliphatic rings. The van der Waals surface area contributed by atoms with Gasteiger partial charge in [0, 0.05) is 5.39 Å². The monoisotopic (exact) mass is 203 g/mol. The van der Waals surface area contributed by atoms with Crippen molar-refractivity contribution in [2.75, 3.05) is 0 Å². The molecule has 2 nitrogen and oxygen atoms in total. The van der Waals surface area contributed by atoms with Crippen molar-refractivity contribution >= 4 is 11.0 Å². The van der Waals surface area contributed by atoms with Crippen molar-refractivity contribution in [2.24, 2.45) is 5.73 Å². The average molecular weight is 203 g/mol. The molecule has 1 aromatic carbocycles. The molecule has 0 amide bonds. The Morgan fingerprint density at radius 2 is 2.13 bits per heavy atom. The van der Waals surface area contributed by atoms with Crippen molar-refractivity contribution in [3.8, 4) is 0 Å². The van der Waals surface area contributed by atoms with Gasteiger partial charge in [0.25, 0.3) is 0 Å². The minimum atomic E-state index is 0.476. The van der Waals surface area contributed by atoms with E-state index in [1.165, 1.54) is 22.9 Å².